The number of rotatable bonds is 2. The highest BCUT2D eigenvalue weighted by Gasteiger charge is 2.10. The standard InChI is InChI=1S/C17H15NO/c1-12-11-14(13-7-4-3-5-8-13)17-15(18-12)9-6-10-16(17)19-2/h3-11H,1-2H3. The van der Waals surface area contributed by atoms with Gasteiger partial charge in [0, 0.05) is 5.69 Å². The zero-order chi connectivity index (χ0) is 13.2. The van der Waals surface area contributed by atoms with Crippen molar-refractivity contribution in [3.05, 3.63) is 60.3 Å². The van der Waals surface area contributed by atoms with Crippen LogP contribution < -0.4 is 4.74 Å². The number of hydrogen-bond acceptors (Lipinski definition) is 2. The molecule has 0 radical (unpaired) electrons. The van der Waals surface area contributed by atoms with Crippen molar-refractivity contribution in [2.24, 2.45) is 0 Å². The minimum absolute atomic E-state index is 0.865. The summed E-state index contributed by atoms with van der Waals surface area (Å²) in [6, 6.07) is 18.4. The van der Waals surface area contributed by atoms with Gasteiger partial charge in [0.15, 0.2) is 0 Å². The first-order valence-electron chi connectivity index (χ1n) is 6.29. The van der Waals surface area contributed by atoms with Crippen molar-refractivity contribution in [1.82, 2.24) is 4.98 Å². The summed E-state index contributed by atoms with van der Waals surface area (Å²) in [6.07, 6.45) is 0. The summed E-state index contributed by atoms with van der Waals surface area (Å²) in [6.45, 7) is 2.02. The average molecular weight is 249 g/mol. The second kappa shape index (κ2) is 4.73. The van der Waals surface area contributed by atoms with Crippen molar-refractivity contribution in [1.29, 1.82) is 0 Å². The van der Waals surface area contributed by atoms with Crippen molar-refractivity contribution in [2.75, 3.05) is 7.11 Å². The summed E-state index contributed by atoms with van der Waals surface area (Å²) in [5.74, 6) is 0.865. The molecule has 0 saturated carbocycles. The first-order valence-corrected chi connectivity index (χ1v) is 6.29. The van der Waals surface area contributed by atoms with Gasteiger partial charge in [0.05, 0.1) is 18.0 Å². The molecule has 0 unspecified atom stereocenters. The Morgan fingerprint density at radius 2 is 1.74 bits per heavy atom. The molecule has 2 aromatic carbocycles. The Bertz CT molecular complexity index is 720. The minimum Gasteiger partial charge on any atom is -0.496 e. The van der Waals surface area contributed by atoms with E-state index >= 15 is 0 Å². The van der Waals surface area contributed by atoms with Crippen LogP contribution in [0.3, 0.4) is 0 Å². The molecule has 0 aliphatic carbocycles. The number of ether oxygens (including phenoxy) is 1. The summed E-state index contributed by atoms with van der Waals surface area (Å²) in [7, 11) is 1.70. The van der Waals surface area contributed by atoms with E-state index in [9.17, 15) is 0 Å². The summed E-state index contributed by atoms with van der Waals surface area (Å²) in [4.78, 5) is 4.59. The summed E-state index contributed by atoms with van der Waals surface area (Å²) >= 11 is 0. The predicted molar refractivity (Wildman–Crippen MR) is 78.5 cm³/mol. The fourth-order valence-electron chi connectivity index (χ4n) is 2.40. The highest BCUT2D eigenvalue weighted by Crippen LogP contribution is 2.34. The summed E-state index contributed by atoms with van der Waals surface area (Å²) in [5.41, 5.74) is 4.33. The molecule has 0 atom stereocenters. The van der Waals surface area contributed by atoms with Crippen LogP contribution in [0.25, 0.3) is 22.0 Å². The molecular formula is C17H15NO. The topological polar surface area (TPSA) is 22.1 Å². The predicted octanol–water partition coefficient (Wildman–Crippen LogP) is 4.22. The van der Waals surface area contributed by atoms with Crippen LogP contribution in [0, 0.1) is 6.92 Å². The molecule has 0 aliphatic rings. The van der Waals surface area contributed by atoms with Gasteiger partial charge < -0.3 is 4.74 Å². The smallest absolute Gasteiger partial charge is 0.128 e. The quantitative estimate of drug-likeness (QED) is 0.678. The summed E-state index contributed by atoms with van der Waals surface area (Å²) < 4.78 is 5.49. The molecule has 3 rings (SSSR count). The minimum atomic E-state index is 0.865. The lowest BCUT2D eigenvalue weighted by atomic mass is 9.99. The third-order valence-corrected chi connectivity index (χ3v) is 3.23. The van der Waals surface area contributed by atoms with E-state index in [4.69, 9.17) is 4.74 Å². The normalized spacial score (nSPS) is 10.6. The van der Waals surface area contributed by atoms with E-state index in [2.05, 4.69) is 23.2 Å². The molecule has 1 aromatic heterocycles. The monoisotopic (exact) mass is 249 g/mol. The van der Waals surface area contributed by atoms with Crippen molar-refractivity contribution in [3.63, 3.8) is 0 Å². The number of aryl methyl sites for hydroxylation is 1. The molecule has 0 aliphatic heterocycles. The van der Waals surface area contributed by atoms with Crippen LogP contribution in [-0.4, -0.2) is 12.1 Å². The van der Waals surface area contributed by atoms with E-state index in [-0.39, 0.29) is 0 Å². The number of benzene rings is 2. The number of hydrogen-bond donors (Lipinski definition) is 0. The molecule has 0 amide bonds. The van der Waals surface area contributed by atoms with E-state index in [1.54, 1.807) is 7.11 Å². The van der Waals surface area contributed by atoms with Gasteiger partial charge in [0.1, 0.15) is 5.75 Å². The number of fused-ring (bicyclic) bond motifs is 1. The second-order valence-electron chi connectivity index (χ2n) is 4.53. The Morgan fingerprint density at radius 3 is 2.47 bits per heavy atom. The largest absolute Gasteiger partial charge is 0.496 e. The van der Waals surface area contributed by atoms with Gasteiger partial charge in [0.2, 0.25) is 0 Å². The SMILES string of the molecule is COc1cccc2nc(C)cc(-c3ccccc3)c12. The van der Waals surface area contributed by atoms with Gasteiger partial charge in [-0.2, -0.15) is 0 Å². The van der Waals surface area contributed by atoms with Gasteiger partial charge >= 0.3 is 0 Å². The van der Waals surface area contributed by atoms with Crippen LogP contribution in [0.5, 0.6) is 5.75 Å². The molecule has 3 aromatic rings. The van der Waals surface area contributed by atoms with Gasteiger partial charge in [-0.25, -0.2) is 0 Å². The molecule has 0 spiro atoms. The number of methoxy groups -OCH3 is 1. The fraction of sp³-hybridized carbons (Fsp3) is 0.118. The van der Waals surface area contributed by atoms with E-state index in [1.165, 1.54) is 11.1 Å². The highest BCUT2D eigenvalue weighted by atomic mass is 16.5. The van der Waals surface area contributed by atoms with Crippen molar-refractivity contribution in [3.8, 4) is 16.9 Å². The van der Waals surface area contributed by atoms with E-state index < -0.39 is 0 Å². The lowest BCUT2D eigenvalue weighted by molar-refractivity contribution is 0.420. The first kappa shape index (κ1) is 11.7. The number of pyridine rings is 1. The Morgan fingerprint density at radius 1 is 0.947 bits per heavy atom. The van der Waals surface area contributed by atoms with Gasteiger partial charge in [-0.05, 0) is 36.2 Å². The van der Waals surface area contributed by atoms with E-state index in [0.717, 1.165) is 22.3 Å². The fourth-order valence-corrected chi connectivity index (χ4v) is 2.40. The van der Waals surface area contributed by atoms with Crippen LogP contribution in [0.2, 0.25) is 0 Å². The first-order chi connectivity index (χ1) is 9.29. The van der Waals surface area contributed by atoms with Gasteiger partial charge in [0.25, 0.3) is 0 Å². The van der Waals surface area contributed by atoms with Gasteiger partial charge in [-0.15, -0.1) is 0 Å². The maximum Gasteiger partial charge on any atom is 0.128 e. The third kappa shape index (κ3) is 2.06. The van der Waals surface area contributed by atoms with Crippen molar-refractivity contribution >= 4 is 10.9 Å². The number of nitrogens with zero attached hydrogens (tertiary/aromatic N) is 1. The maximum absolute atomic E-state index is 5.49. The molecule has 1 heterocycles. The lowest BCUT2D eigenvalue weighted by Gasteiger charge is -2.11. The average Bonchev–Trinajstić information content (AvgIpc) is 2.46. The molecule has 2 nitrogen and oxygen atoms in total. The number of aromatic nitrogens is 1. The zero-order valence-electron chi connectivity index (χ0n) is 11.1. The zero-order valence-corrected chi connectivity index (χ0v) is 11.1. The van der Waals surface area contributed by atoms with Crippen LogP contribution >= 0.6 is 0 Å². The molecule has 0 bridgehead atoms. The van der Waals surface area contributed by atoms with Crippen molar-refractivity contribution in [2.45, 2.75) is 6.92 Å². The highest BCUT2D eigenvalue weighted by molar-refractivity contribution is 5.99. The maximum atomic E-state index is 5.49. The summed E-state index contributed by atoms with van der Waals surface area (Å²) in [5, 5.41) is 1.07. The Balaban J connectivity index is 2.40. The Kier molecular flexibility index (Phi) is 2.92. The molecule has 0 N–H and O–H groups in total. The second-order valence-corrected chi connectivity index (χ2v) is 4.53. The van der Waals surface area contributed by atoms with E-state index in [0.29, 0.717) is 0 Å². The molecule has 19 heavy (non-hydrogen) atoms. The molecule has 2 heteroatoms. The molecule has 0 fully saturated rings. The van der Waals surface area contributed by atoms with Crippen molar-refractivity contribution < 1.29 is 4.74 Å². The van der Waals surface area contributed by atoms with E-state index in [1.807, 2.05) is 43.3 Å². The van der Waals surface area contributed by atoms with Gasteiger partial charge in [-0.1, -0.05) is 36.4 Å². The Hall–Kier alpha value is -2.35. The Labute approximate surface area is 112 Å². The molecule has 0 saturated heterocycles. The third-order valence-electron chi connectivity index (χ3n) is 3.23. The van der Waals surface area contributed by atoms with Crippen LogP contribution in [0.4, 0.5) is 0 Å². The van der Waals surface area contributed by atoms with Crippen LogP contribution in [0.1, 0.15) is 5.69 Å². The van der Waals surface area contributed by atoms with Crippen LogP contribution in [0.15, 0.2) is 54.6 Å². The molecule has 94 valence electrons. The van der Waals surface area contributed by atoms with Crippen LogP contribution in [-0.2, 0) is 0 Å². The van der Waals surface area contributed by atoms with Gasteiger partial charge in [-0.3, -0.25) is 4.98 Å². The molecular weight excluding hydrogens is 234 g/mol. The lowest BCUT2D eigenvalue weighted by Crippen LogP contribution is -1.92.